The van der Waals surface area contributed by atoms with Crippen molar-refractivity contribution in [3.63, 3.8) is 0 Å². The van der Waals surface area contributed by atoms with Gasteiger partial charge in [0.2, 0.25) is 5.91 Å². The highest BCUT2D eigenvalue weighted by molar-refractivity contribution is 5.95. The summed E-state index contributed by atoms with van der Waals surface area (Å²) in [6, 6.07) is 7.57. The molecule has 0 aliphatic carbocycles. The molecular formula is C23H28N6O2. The van der Waals surface area contributed by atoms with E-state index in [1.165, 1.54) is 0 Å². The zero-order chi connectivity index (χ0) is 22.0. The first-order chi connectivity index (χ1) is 14.9. The van der Waals surface area contributed by atoms with Crippen molar-refractivity contribution in [3.8, 4) is 11.4 Å². The average Bonchev–Trinajstić information content (AvgIpc) is 3.37. The fourth-order valence-corrected chi connectivity index (χ4v) is 3.84. The summed E-state index contributed by atoms with van der Waals surface area (Å²) in [7, 11) is 0. The van der Waals surface area contributed by atoms with E-state index in [2.05, 4.69) is 24.1 Å². The van der Waals surface area contributed by atoms with Gasteiger partial charge in [0.1, 0.15) is 5.52 Å². The Balaban J connectivity index is 1.63. The summed E-state index contributed by atoms with van der Waals surface area (Å²) in [5.74, 6) is 1.47. The molecule has 8 nitrogen and oxygen atoms in total. The van der Waals surface area contributed by atoms with Crippen molar-refractivity contribution < 1.29 is 9.59 Å². The fourth-order valence-electron chi connectivity index (χ4n) is 3.84. The molecule has 2 aromatic heterocycles. The van der Waals surface area contributed by atoms with Gasteiger partial charge in [-0.3, -0.25) is 9.59 Å². The van der Waals surface area contributed by atoms with Gasteiger partial charge >= 0.3 is 0 Å². The summed E-state index contributed by atoms with van der Waals surface area (Å²) in [5, 5.41) is 3.39. The van der Waals surface area contributed by atoms with Crippen LogP contribution in [0.5, 0.6) is 0 Å². The van der Waals surface area contributed by atoms with E-state index in [9.17, 15) is 9.59 Å². The average molecular weight is 421 g/mol. The molecular weight excluding hydrogens is 392 g/mol. The standard InChI is InChI=1S/C23H28N6O2/c1-15(2)29-14-25-20-22(24-10-6-12-28-11-5-9-19(28)31)26-21(27-23(20)29)18-8-4-7-17(13-18)16(3)30/h4,7-8,13-15H,5-6,9-12H2,1-3H3,(H,24,26,27). The number of imidazole rings is 1. The second kappa shape index (κ2) is 8.83. The normalized spacial score (nSPS) is 14.1. The van der Waals surface area contributed by atoms with Crippen LogP contribution in [0.4, 0.5) is 5.82 Å². The first-order valence-corrected chi connectivity index (χ1v) is 10.8. The third-order valence-corrected chi connectivity index (χ3v) is 5.57. The lowest BCUT2D eigenvalue weighted by molar-refractivity contribution is -0.127. The number of carbonyl (C=O) groups is 2. The second-order valence-electron chi connectivity index (χ2n) is 8.22. The molecule has 3 aromatic rings. The zero-order valence-electron chi connectivity index (χ0n) is 18.3. The van der Waals surface area contributed by atoms with Crippen molar-refractivity contribution in [1.29, 1.82) is 0 Å². The minimum atomic E-state index is 0.00459. The molecule has 1 saturated heterocycles. The maximum absolute atomic E-state index is 11.8. The molecule has 0 radical (unpaired) electrons. The van der Waals surface area contributed by atoms with Gasteiger partial charge in [0, 0.05) is 43.2 Å². The Bertz CT molecular complexity index is 1120. The summed E-state index contributed by atoms with van der Waals surface area (Å²) in [4.78, 5) is 39.6. The van der Waals surface area contributed by atoms with Gasteiger partial charge in [0.05, 0.1) is 6.33 Å². The van der Waals surface area contributed by atoms with Crippen LogP contribution < -0.4 is 5.32 Å². The molecule has 1 aromatic carbocycles. The monoisotopic (exact) mass is 420 g/mol. The quantitative estimate of drug-likeness (QED) is 0.441. The van der Waals surface area contributed by atoms with E-state index in [1.807, 2.05) is 27.7 Å². The minimum Gasteiger partial charge on any atom is -0.368 e. The largest absolute Gasteiger partial charge is 0.368 e. The number of ketones is 1. The number of aromatic nitrogens is 4. The highest BCUT2D eigenvalue weighted by Gasteiger charge is 2.20. The summed E-state index contributed by atoms with van der Waals surface area (Å²) < 4.78 is 2.02. The summed E-state index contributed by atoms with van der Waals surface area (Å²) in [6.45, 7) is 7.99. The summed E-state index contributed by atoms with van der Waals surface area (Å²) in [5.41, 5.74) is 2.89. The first-order valence-electron chi connectivity index (χ1n) is 10.8. The van der Waals surface area contributed by atoms with Crippen LogP contribution in [-0.4, -0.2) is 55.7 Å². The van der Waals surface area contributed by atoms with Crippen molar-refractivity contribution in [2.45, 2.75) is 46.1 Å². The molecule has 1 fully saturated rings. The molecule has 0 saturated carbocycles. The number of Topliss-reactive ketones (excluding diaryl/α,β-unsaturated/α-hetero) is 1. The SMILES string of the molecule is CC(=O)c1cccc(-c2nc(NCCCN3CCCC3=O)c3ncn(C(C)C)c3n2)c1. The Morgan fingerprint density at radius 2 is 2.10 bits per heavy atom. The van der Waals surface area contributed by atoms with Gasteiger partial charge in [-0.05, 0) is 39.7 Å². The van der Waals surface area contributed by atoms with Crippen molar-refractivity contribution >= 4 is 28.7 Å². The number of rotatable bonds is 8. The maximum Gasteiger partial charge on any atom is 0.222 e. The molecule has 0 bridgehead atoms. The number of carbonyl (C=O) groups excluding carboxylic acids is 2. The molecule has 8 heteroatoms. The van der Waals surface area contributed by atoms with E-state index in [4.69, 9.17) is 9.97 Å². The van der Waals surface area contributed by atoms with Gasteiger partial charge in [-0.1, -0.05) is 18.2 Å². The number of benzene rings is 1. The highest BCUT2D eigenvalue weighted by Crippen LogP contribution is 2.26. The van der Waals surface area contributed by atoms with Crippen molar-refractivity contribution in [3.05, 3.63) is 36.2 Å². The molecule has 3 heterocycles. The number of amides is 1. The van der Waals surface area contributed by atoms with Crippen LogP contribution in [0.1, 0.15) is 56.4 Å². The van der Waals surface area contributed by atoms with Gasteiger partial charge in [-0.15, -0.1) is 0 Å². The van der Waals surface area contributed by atoms with E-state index in [-0.39, 0.29) is 17.7 Å². The zero-order valence-corrected chi connectivity index (χ0v) is 18.3. The molecule has 31 heavy (non-hydrogen) atoms. The summed E-state index contributed by atoms with van der Waals surface area (Å²) in [6.07, 6.45) is 4.23. The van der Waals surface area contributed by atoms with E-state index in [1.54, 1.807) is 19.3 Å². The predicted molar refractivity (Wildman–Crippen MR) is 120 cm³/mol. The predicted octanol–water partition coefficient (Wildman–Crippen LogP) is 3.70. The molecule has 0 unspecified atom stereocenters. The lowest BCUT2D eigenvalue weighted by Gasteiger charge is -2.16. The summed E-state index contributed by atoms with van der Waals surface area (Å²) >= 11 is 0. The Morgan fingerprint density at radius 1 is 1.26 bits per heavy atom. The lowest BCUT2D eigenvalue weighted by Crippen LogP contribution is -2.27. The van der Waals surface area contributed by atoms with Crippen molar-refractivity contribution in [2.75, 3.05) is 25.0 Å². The fraction of sp³-hybridized carbons (Fsp3) is 0.435. The smallest absolute Gasteiger partial charge is 0.222 e. The van der Waals surface area contributed by atoms with Gasteiger partial charge in [0.25, 0.3) is 0 Å². The van der Waals surface area contributed by atoms with Gasteiger partial charge in [-0.25, -0.2) is 15.0 Å². The Morgan fingerprint density at radius 3 is 2.81 bits per heavy atom. The molecule has 1 aliphatic heterocycles. The van der Waals surface area contributed by atoms with Crippen LogP contribution in [0.2, 0.25) is 0 Å². The number of hydrogen-bond donors (Lipinski definition) is 1. The van der Waals surface area contributed by atoms with Gasteiger partial charge < -0.3 is 14.8 Å². The number of nitrogens with one attached hydrogen (secondary N) is 1. The van der Waals surface area contributed by atoms with E-state index in [0.29, 0.717) is 30.2 Å². The van der Waals surface area contributed by atoms with Gasteiger partial charge in [-0.2, -0.15) is 0 Å². The van der Waals surface area contributed by atoms with Gasteiger partial charge in [0.15, 0.2) is 23.1 Å². The van der Waals surface area contributed by atoms with Crippen molar-refractivity contribution in [2.24, 2.45) is 0 Å². The van der Waals surface area contributed by atoms with Crippen LogP contribution >= 0.6 is 0 Å². The molecule has 0 atom stereocenters. The maximum atomic E-state index is 11.8. The molecule has 1 amide bonds. The number of fused-ring (bicyclic) bond motifs is 1. The molecule has 4 rings (SSSR count). The van der Waals surface area contributed by atoms with Crippen molar-refractivity contribution in [1.82, 2.24) is 24.4 Å². The Kier molecular flexibility index (Phi) is 5.97. The van der Waals surface area contributed by atoms with Crippen LogP contribution in [0.15, 0.2) is 30.6 Å². The van der Waals surface area contributed by atoms with Crippen LogP contribution in [0.25, 0.3) is 22.6 Å². The lowest BCUT2D eigenvalue weighted by atomic mass is 10.1. The molecule has 1 aliphatic rings. The first kappa shape index (κ1) is 21.0. The third kappa shape index (κ3) is 4.42. The number of hydrogen-bond acceptors (Lipinski definition) is 6. The minimum absolute atomic E-state index is 0.00459. The number of likely N-dealkylation sites (tertiary alicyclic amines) is 1. The second-order valence-corrected chi connectivity index (χ2v) is 8.22. The van der Waals surface area contributed by atoms with E-state index >= 15 is 0 Å². The molecule has 162 valence electrons. The van der Waals surface area contributed by atoms with Crippen LogP contribution in [-0.2, 0) is 4.79 Å². The van der Waals surface area contributed by atoms with E-state index in [0.717, 1.165) is 42.7 Å². The Hall–Kier alpha value is -3.29. The number of nitrogens with zero attached hydrogens (tertiary/aromatic N) is 5. The topological polar surface area (TPSA) is 93.0 Å². The van der Waals surface area contributed by atoms with Crippen LogP contribution in [0, 0.1) is 0 Å². The highest BCUT2D eigenvalue weighted by atomic mass is 16.2. The van der Waals surface area contributed by atoms with E-state index < -0.39 is 0 Å². The third-order valence-electron chi connectivity index (χ3n) is 5.57. The van der Waals surface area contributed by atoms with Crippen LogP contribution in [0.3, 0.4) is 0 Å². The number of anilines is 1. The molecule has 0 spiro atoms. The Labute approximate surface area is 181 Å². The molecule has 1 N–H and O–H groups in total.